The maximum Gasteiger partial charge on any atom is 0.329 e. The Balaban J connectivity index is 2.20. The fourth-order valence-electron chi connectivity index (χ4n) is 3.90. The summed E-state index contributed by atoms with van der Waals surface area (Å²) in [6.45, 7) is 9.16. The number of carbonyl (C=O) groups is 6. The Hall–Kier alpha value is -5.54. The molecule has 6 N–H and O–H groups in total. The van der Waals surface area contributed by atoms with Crippen molar-refractivity contribution in [1.29, 1.82) is 0 Å². The van der Waals surface area contributed by atoms with Gasteiger partial charge < -0.3 is 50.0 Å². The number of carboxylic acids is 2. The van der Waals surface area contributed by atoms with E-state index in [1.807, 2.05) is 0 Å². The molecule has 2 amide bonds. The number of ether oxygens (including phenoxy) is 4. The molecule has 48 heavy (non-hydrogen) atoms. The SMILES string of the molecule is CC(C)(C)OC(=O)CC(NC(=O)c1ccc(O)cc1OCCOc1cc(O)ccc1C(=O)NC(CC(=O)O)C(=O)O)C(=O)OC(C)(C)C. The quantitative estimate of drug-likeness (QED) is 0.117. The molecule has 0 aliphatic rings. The van der Waals surface area contributed by atoms with Gasteiger partial charge in [-0.1, -0.05) is 0 Å². The van der Waals surface area contributed by atoms with E-state index in [1.54, 1.807) is 41.5 Å². The highest BCUT2D eigenvalue weighted by atomic mass is 16.6. The topological polar surface area (TPSA) is 244 Å². The minimum Gasteiger partial charge on any atom is -0.508 e. The third-order valence-corrected chi connectivity index (χ3v) is 5.79. The number of hydrogen-bond donors (Lipinski definition) is 6. The van der Waals surface area contributed by atoms with Crippen molar-refractivity contribution >= 4 is 35.7 Å². The van der Waals surface area contributed by atoms with Gasteiger partial charge in [0.25, 0.3) is 11.8 Å². The van der Waals surface area contributed by atoms with Crippen LogP contribution in [0, 0.1) is 0 Å². The highest BCUT2D eigenvalue weighted by Gasteiger charge is 2.32. The predicted octanol–water partition coefficient (Wildman–Crippen LogP) is 2.39. The van der Waals surface area contributed by atoms with E-state index in [0.717, 1.165) is 24.3 Å². The van der Waals surface area contributed by atoms with Crippen LogP contribution in [0.3, 0.4) is 0 Å². The molecule has 262 valence electrons. The molecule has 16 heteroatoms. The predicted molar refractivity (Wildman–Crippen MR) is 166 cm³/mol. The number of rotatable bonds is 15. The Labute approximate surface area is 275 Å². The van der Waals surface area contributed by atoms with E-state index in [2.05, 4.69) is 10.6 Å². The van der Waals surface area contributed by atoms with Crippen molar-refractivity contribution in [3.63, 3.8) is 0 Å². The molecule has 0 fully saturated rings. The molecule has 0 radical (unpaired) electrons. The molecule has 2 unspecified atom stereocenters. The number of esters is 2. The second-order valence-electron chi connectivity index (χ2n) is 12.4. The van der Waals surface area contributed by atoms with Crippen molar-refractivity contribution in [1.82, 2.24) is 10.6 Å². The van der Waals surface area contributed by atoms with Crippen LogP contribution in [-0.2, 0) is 28.7 Å². The zero-order chi connectivity index (χ0) is 36.4. The fraction of sp³-hybridized carbons (Fsp3) is 0.438. The highest BCUT2D eigenvalue weighted by Crippen LogP contribution is 2.27. The fourth-order valence-corrected chi connectivity index (χ4v) is 3.90. The largest absolute Gasteiger partial charge is 0.508 e. The number of amides is 2. The molecule has 0 saturated heterocycles. The van der Waals surface area contributed by atoms with Gasteiger partial charge in [0, 0.05) is 12.1 Å². The summed E-state index contributed by atoms with van der Waals surface area (Å²) in [7, 11) is 0. The molecule has 0 aliphatic heterocycles. The molecule has 0 aromatic heterocycles. The Morgan fingerprint density at radius 3 is 1.50 bits per heavy atom. The van der Waals surface area contributed by atoms with E-state index in [0.29, 0.717) is 0 Å². The molecule has 2 aromatic rings. The number of phenolic OH excluding ortho intramolecular Hbond substituents is 2. The molecule has 2 atom stereocenters. The molecule has 16 nitrogen and oxygen atoms in total. The average molecular weight is 677 g/mol. The number of nitrogens with one attached hydrogen (secondary N) is 2. The van der Waals surface area contributed by atoms with Gasteiger partial charge in [-0.2, -0.15) is 0 Å². The Kier molecular flexibility index (Phi) is 13.1. The van der Waals surface area contributed by atoms with Gasteiger partial charge in [-0.05, 0) is 65.8 Å². The van der Waals surface area contributed by atoms with E-state index in [-0.39, 0.29) is 47.3 Å². The van der Waals surface area contributed by atoms with Crippen LogP contribution in [0.15, 0.2) is 36.4 Å². The zero-order valence-corrected chi connectivity index (χ0v) is 27.3. The lowest BCUT2D eigenvalue weighted by molar-refractivity contribution is -0.164. The molecule has 0 saturated carbocycles. The Morgan fingerprint density at radius 1 is 0.667 bits per heavy atom. The summed E-state index contributed by atoms with van der Waals surface area (Å²) in [6.07, 6.45) is -1.42. The molecular weight excluding hydrogens is 636 g/mol. The molecule has 0 spiro atoms. The standard InChI is InChI=1S/C32H40N2O14/c1-31(2,3)47-26(39)16-22(30(44)48-32(4,5)6)34-28(41)20-10-8-18(36)14-24(20)46-12-11-45-23-13-17(35)7-9-19(23)27(40)33-21(29(42)43)15-25(37)38/h7-10,13-14,21-22,35-36H,11-12,15-16H2,1-6H3,(H,33,40)(H,34,41)(H,37,38)(H,42,43). The summed E-state index contributed by atoms with van der Waals surface area (Å²) >= 11 is 0. The monoisotopic (exact) mass is 676 g/mol. The number of hydrogen-bond acceptors (Lipinski definition) is 12. The van der Waals surface area contributed by atoms with Gasteiger partial charge in [0.2, 0.25) is 0 Å². The lowest BCUT2D eigenvalue weighted by Crippen LogP contribution is -2.46. The number of aliphatic carboxylic acids is 2. The van der Waals surface area contributed by atoms with E-state index in [4.69, 9.17) is 24.1 Å². The average Bonchev–Trinajstić information content (AvgIpc) is 2.92. The summed E-state index contributed by atoms with van der Waals surface area (Å²) in [5, 5.41) is 42.6. The molecular formula is C32H40N2O14. The lowest BCUT2D eigenvalue weighted by Gasteiger charge is -2.26. The number of carboxylic acid groups (broad SMARTS) is 2. The normalized spacial score (nSPS) is 12.5. The van der Waals surface area contributed by atoms with Crippen molar-refractivity contribution in [2.24, 2.45) is 0 Å². The lowest BCUT2D eigenvalue weighted by atomic mass is 10.1. The van der Waals surface area contributed by atoms with Crippen LogP contribution in [0.25, 0.3) is 0 Å². The van der Waals surface area contributed by atoms with Gasteiger partial charge in [0.1, 0.15) is 59.5 Å². The number of benzene rings is 2. The Bertz CT molecular complexity index is 1520. The van der Waals surface area contributed by atoms with Crippen LogP contribution in [0.1, 0.15) is 75.1 Å². The van der Waals surface area contributed by atoms with Crippen LogP contribution < -0.4 is 20.1 Å². The van der Waals surface area contributed by atoms with Gasteiger partial charge in [-0.25, -0.2) is 9.59 Å². The summed E-state index contributed by atoms with van der Waals surface area (Å²) < 4.78 is 21.9. The van der Waals surface area contributed by atoms with Crippen LogP contribution in [0.2, 0.25) is 0 Å². The molecule has 0 bridgehead atoms. The van der Waals surface area contributed by atoms with Gasteiger partial charge in [-0.3, -0.25) is 19.2 Å². The second kappa shape index (κ2) is 16.3. The van der Waals surface area contributed by atoms with E-state index in [9.17, 15) is 44.1 Å². The first-order valence-corrected chi connectivity index (χ1v) is 14.6. The smallest absolute Gasteiger partial charge is 0.329 e. The Morgan fingerprint density at radius 2 is 1.10 bits per heavy atom. The number of carbonyl (C=O) groups excluding carboxylic acids is 4. The van der Waals surface area contributed by atoms with Gasteiger partial charge in [-0.15, -0.1) is 0 Å². The van der Waals surface area contributed by atoms with Crippen molar-refractivity contribution in [3.05, 3.63) is 47.5 Å². The van der Waals surface area contributed by atoms with Crippen LogP contribution >= 0.6 is 0 Å². The maximum absolute atomic E-state index is 13.3. The van der Waals surface area contributed by atoms with Gasteiger partial charge in [0.05, 0.1) is 24.0 Å². The first-order chi connectivity index (χ1) is 22.1. The van der Waals surface area contributed by atoms with Gasteiger partial charge >= 0.3 is 23.9 Å². The third kappa shape index (κ3) is 13.1. The molecule has 0 aliphatic carbocycles. The van der Waals surface area contributed by atoms with E-state index in [1.165, 1.54) is 12.1 Å². The van der Waals surface area contributed by atoms with Gasteiger partial charge in [0.15, 0.2) is 0 Å². The number of phenols is 2. The van der Waals surface area contributed by atoms with E-state index >= 15 is 0 Å². The maximum atomic E-state index is 13.3. The highest BCUT2D eigenvalue weighted by molar-refractivity contribution is 6.00. The van der Waals surface area contributed by atoms with Crippen LogP contribution in [-0.4, -0.2) is 92.6 Å². The summed E-state index contributed by atoms with van der Waals surface area (Å²) in [6, 6.07) is 3.68. The summed E-state index contributed by atoms with van der Waals surface area (Å²) in [4.78, 5) is 73.9. The molecule has 0 heterocycles. The molecule has 2 rings (SSSR count). The second-order valence-corrected chi connectivity index (χ2v) is 12.4. The number of aromatic hydroxyl groups is 2. The molecule has 2 aromatic carbocycles. The van der Waals surface area contributed by atoms with Crippen molar-refractivity contribution in [2.45, 2.75) is 77.7 Å². The van der Waals surface area contributed by atoms with E-state index < -0.39 is 71.8 Å². The summed E-state index contributed by atoms with van der Waals surface area (Å²) in [5.41, 5.74) is -2.15. The third-order valence-electron chi connectivity index (χ3n) is 5.79. The first kappa shape index (κ1) is 38.6. The van der Waals surface area contributed by atoms with Crippen molar-refractivity contribution < 1.29 is 68.1 Å². The first-order valence-electron chi connectivity index (χ1n) is 14.6. The summed E-state index contributed by atoms with van der Waals surface area (Å²) in [5.74, 6) is -7.46. The zero-order valence-electron chi connectivity index (χ0n) is 27.3. The minimum atomic E-state index is -1.74. The van der Waals surface area contributed by atoms with Crippen molar-refractivity contribution in [2.75, 3.05) is 13.2 Å². The van der Waals surface area contributed by atoms with Crippen molar-refractivity contribution in [3.8, 4) is 23.0 Å². The van der Waals surface area contributed by atoms with Crippen LogP contribution in [0.4, 0.5) is 0 Å². The van der Waals surface area contributed by atoms with Crippen LogP contribution in [0.5, 0.6) is 23.0 Å². The minimum absolute atomic E-state index is 0.138.